The summed E-state index contributed by atoms with van der Waals surface area (Å²) >= 11 is 0. The van der Waals surface area contributed by atoms with E-state index in [1.165, 1.54) is 12.8 Å². The van der Waals surface area contributed by atoms with Crippen molar-refractivity contribution >= 4 is 5.97 Å². The Kier molecular flexibility index (Phi) is 5.22. The number of rotatable bonds is 9. The zero-order valence-electron chi connectivity index (χ0n) is 10.3. The van der Waals surface area contributed by atoms with Gasteiger partial charge in [0.15, 0.2) is 0 Å². The molecule has 0 bridgehead atoms. The van der Waals surface area contributed by atoms with E-state index in [4.69, 9.17) is 9.84 Å². The number of hydrogen-bond donors (Lipinski definition) is 2. The Bertz CT molecular complexity index is 226. The Morgan fingerprint density at radius 2 is 2.25 bits per heavy atom. The van der Waals surface area contributed by atoms with Crippen LogP contribution in [0.2, 0.25) is 0 Å². The minimum absolute atomic E-state index is 0.249. The van der Waals surface area contributed by atoms with E-state index in [0.717, 1.165) is 19.6 Å². The van der Waals surface area contributed by atoms with Crippen LogP contribution in [-0.2, 0) is 9.53 Å². The predicted octanol–water partition coefficient (Wildman–Crippen LogP) is 1.65. The summed E-state index contributed by atoms with van der Waals surface area (Å²) in [6.45, 7) is 3.87. The molecule has 1 saturated carbocycles. The van der Waals surface area contributed by atoms with Gasteiger partial charge < -0.3 is 15.2 Å². The standard InChI is InChI=1S/C12H23NO3/c1-10(3-4-11(14)15)13-9-12(5-6-12)7-8-16-2/h10,13H,3-9H2,1-2H3,(H,14,15). The van der Waals surface area contributed by atoms with E-state index in [2.05, 4.69) is 12.2 Å². The highest BCUT2D eigenvalue weighted by Crippen LogP contribution is 2.48. The average molecular weight is 229 g/mol. The number of ether oxygens (including phenoxy) is 1. The Balaban J connectivity index is 2.11. The molecule has 1 aliphatic rings. The number of hydrogen-bond acceptors (Lipinski definition) is 3. The molecular formula is C12H23NO3. The summed E-state index contributed by atoms with van der Waals surface area (Å²) in [6.07, 6.45) is 4.61. The van der Waals surface area contributed by atoms with Crippen LogP contribution in [0.5, 0.6) is 0 Å². The molecule has 0 aliphatic heterocycles. The molecule has 0 aromatic heterocycles. The molecule has 1 fully saturated rings. The zero-order chi connectivity index (χ0) is 12.0. The van der Waals surface area contributed by atoms with Crippen LogP contribution in [-0.4, -0.2) is 37.4 Å². The van der Waals surface area contributed by atoms with Crippen molar-refractivity contribution in [2.24, 2.45) is 5.41 Å². The van der Waals surface area contributed by atoms with E-state index in [-0.39, 0.29) is 12.5 Å². The first-order valence-electron chi connectivity index (χ1n) is 6.02. The first-order chi connectivity index (χ1) is 7.58. The Morgan fingerprint density at radius 1 is 1.56 bits per heavy atom. The van der Waals surface area contributed by atoms with E-state index in [1.807, 2.05) is 0 Å². The first kappa shape index (κ1) is 13.5. The maximum atomic E-state index is 10.4. The maximum absolute atomic E-state index is 10.4. The molecule has 1 unspecified atom stereocenters. The van der Waals surface area contributed by atoms with Gasteiger partial charge in [0.25, 0.3) is 0 Å². The van der Waals surface area contributed by atoms with E-state index in [1.54, 1.807) is 7.11 Å². The first-order valence-corrected chi connectivity index (χ1v) is 6.02. The highest BCUT2D eigenvalue weighted by atomic mass is 16.5. The van der Waals surface area contributed by atoms with Gasteiger partial charge in [0, 0.05) is 32.7 Å². The summed E-state index contributed by atoms with van der Waals surface area (Å²) in [5.74, 6) is -0.714. The van der Waals surface area contributed by atoms with Crippen LogP contribution in [0.15, 0.2) is 0 Å². The summed E-state index contributed by atoms with van der Waals surface area (Å²) < 4.78 is 5.10. The van der Waals surface area contributed by atoms with Gasteiger partial charge in [-0.15, -0.1) is 0 Å². The molecule has 16 heavy (non-hydrogen) atoms. The number of methoxy groups -OCH3 is 1. The smallest absolute Gasteiger partial charge is 0.303 e. The molecule has 1 atom stereocenters. The van der Waals surface area contributed by atoms with E-state index in [0.29, 0.717) is 11.8 Å². The summed E-state index contributed by atoms with van der Waals surface area (Å²) in [5, 5.41) is 12.0. The molecule has 0 aromatic carbocycles. The van der Waals surface area contributed by atoms with Crippen LogP contribution in [0, 0.1) is 5.41 Å². The molecule has 2 N–H and O–H groups in total. The second kappa shape index (κ2) is 6.21. The van der Waals surface area contributed by atoms with Crippen molar-refractivity contribution in [2.45, 2.75) is 45.1 Å². The van der Waals surface area contributed by atoms with Gasteiger partial charge in [-0.1, -0.05) is 0 Å². The van der Waals surface area contributed by atoms with Gasteiger partial charge in [-0.2, -0.15) is 0 Å². The minimum atomic E-state index is -0.714. The Morgan fingerprint density at radius 3 is 2.75 bits per heavy atom. The van der Waals surface area contributed by atoms with Crippen molar-refractivity contribution in [3.63, 3.8) is 0 Å². The fraction of sp³-hybridized carbons (Fsp3) is 0.917. The minimum Gasteiger partial charge on any atom is -0.481 e. The summed E-state index contributed by atoms with van der Waals surface area (Å²) in [6, 6.07) is 0.288. The molecule has 0 aromatic rings. The van der Waals surface area contributed by atoms with Crippen molar-refractivity contribution in [1.29, 1.82) is 0 Å². The van der Waals surface area contributed by atoms with E-state index in [9.17, 15) is 4.79 Å². The van der Waals surface area contributed by atoms with Gasteiger partial charge in [0.1, 0.15) is 0 Å². The van der Waals surface area contributed by atoms with E-state index < -0.39 is 5.97 Å². The van der Waals surface area contributed by atoms with Gasteiger partial charge in [0.05, 0.1) is 0 Å². The number of nitrogens with one attached hydrogen (secondary N) is 1. The second-order valence-corrected chi connectivity index (χ2v) is 4.96. The molecule has 4 heteroatoms. The van der Waals surface area contributed by atoms with Crippen LogP contribution in [0.25, 0.3) is 0 Å². The number of carbonyl (C=O) groups is 1. The molecule has 4 nitrogen and oxygen atoms in total. The topological polar surface area (TPSA) is 58.6 Å². The van der Waals surface area contributed by atoms with Crippen molar-refractivity contribution < 1.29 is 14.6 Å². The van der Waals surface area contributed by atoms with Gasteiger partial charge in [-0.05, 0) is 38.0 Å². The van der Waals surface area contributed by atoms with Gasteiger partial charge in [-0.25, -0.2) is 0 Å². The molecule has 0 spiro atoms. The molecule has 94 valence electrons. The monoisotopic (exact) mass is 229 g/mol. The number of carboxylic acid groups (broad SMARTS) is 1. The van der Waals surface area contributed by atoms with E-state index >= 15 is 0 Å². The normalized spacial score (nSPS) is 19.4. The summed E-state index contributed by atoms with van der Waals surface area (Å²) in [5.41, 5.74) is 0.438. The van der Waals surface area contributed by atoms with Crippen LogP contribution >= 0.6 is 0 Å². The lowest BCUT2D eigenvalue weighted by Gasteiger charge is -2.19. The third-order valence-electron chi connectivity index (χ3n) is 3.41. The predicted molar refractivity (Wildman–Crippen MR) is 62.5 cm³/mol. The molecular weight excluding hydrogens is 206 g/mol. The summed E-state index contributed by atoms with van der Waals surface area (Å²) in [7, 11) is 1.74. The maximum Gasteiger partial charge on any atom is 0.303 e. The lowest BCUT2D eigenvalue weighted by molar-refractivity contribution is -0.137. The van der Waals surface area contributed by atoms with Gasteiger partial charge >= 0.3 is 5.97 Å². The van der Waals surface area contributed by atoms with Crippen molar-refractivity contribution in [1.82, 2.24) is 5.32 Å². The van der Waals surface area contributed by atoms with Crippen molar-refractivity contribution in [2.75, 3.05) is 20.3 Å². The lowest BCUT2D eigenvalue weighted by atomic mass is 10.0. The molecule has 1 rings (SSSR count). The third kappa shape index (κ3) is 4.94. The third-order valence-corrected chi connectivity index (χ3v) is 3.41. The van der Waals surface area contributed by atoms with Gasteiger partial charge in [-0.3, -0.25) is 4.79 Å². The average Bonchev–Trinajstić information content (AvgIpc) is 3.01. The second-order valence-electron chi connectivity index (χ2n) is 4.96. The molecule has 0 saturated heterocycles. The fourth-order valence-electron chi connectivity index (χ4n) is 1.84. The highest BCUT2D eigenvalue weighted by molar-refractivity contribution is 5.66. The Hall–Kier alpha value is -0.610. The molecule has 1 aliphatic carbocycles. The van der Waals surface area contributed by atoms with Crippen LogP contribution in [0.4, 0.5) is 0 Å². The number of carboxylic acids is 1. The Labute approximate surface area is 97.4 Å². The van der Waals surface area contributed by atoms with Crippen LogP contribution in [0.1, 0.15) is 39.0 Å². The SMILES string of the molecule is COCCC1(CNC(C)CCC(=O)O)CC1. The largest absolute Gasteiger partial charge is 0.481 e. The highest BCUT2D eigenvalue weighted by Gasteiger charge is 2.41. The van der Waals surface area contributed by atoms with Crippen molar-refractivity contribution in [3.05, 3.63) is 0 Å². The molecule has 0 heterocycles. The van der Waals surface area contributed by atoms with Crippen LogP contribution in [0.3, 0.4) is 0 Å². The quantitative estimate of drug-likeness (QED) is 0.631. The number of aliphatic carboxylic acids is 1. The lowest BCUT2D eigenvalue weighted by Crippen LogP contribution is -2.33. The molecule has 0 radical (unpaired) electrons. The zero-order valence-corrected chi connectivity index (χ0v) is 10.3. The summed E-state index contributed by atoms with van der Waals surface area (Å²) in [4.78, 5) is 10.4. The molecule has 0 amide bonds. The fourth-order valence-corrected chi connectivity index (χ4v) is 1.84. The van der Waals surface area contributed by atoms with Crippen LogP contribution < -0.4 is 5.32 Å². The van der Waals surface area contributed by atoms with Crippen molar-refractivity contribution in [3.8, 4) is 0 Å². The van der Waals surface area contributed by atoms with Gasteiger partial charge in [0.2, 0.25) is 0 Å².